The lowest BCUT2D eigenvalue weighted by molar-refractivity contribution is 0.220. The van der Waals surface area contributed by atoms with Crippen molar-refractivity contribution >= 4 is 23.5 Å². The van der Waals surface area contributed by atoms with Gasteiger partial charge in [-0.2, -0.15) is 0 Å². The predicted molar refractivity (Wildman–Crippen MR) is 94.6 cm³/mol. The van der Waals surface area contributed by atoms with Crippen LogP contribution in [0.4, 0.5) is 10.5 Å². The maximum absolute atomic E-state index is 12.2. The standard InChI is InChI=1S/C18H22N2OS/c1-13-5-8-16(11-14(13)2)19-18(21)20(3)12-15-6-9-17(22-4)10-7-15/h5-11H,12H2,1-4H3,(H,19,21). The monoisotopic (exact) mass is 314 g/mol. The molecule has 0 aromatic heterocycles. The van der Waals surface area contributed by atoms with Gasteiger partial charge in [0.05, 0.1) is 0 Å². The van der Waals surface area contributed by atoms with E-state index < -0.39 is 0 Å². The van der Waals surface area contributed by atoms with E-state index in [1.165, 1.54) is 16.0 Å². The Balaban J connectivity index is 1.97. The van der Waals surface area contributed by atoms with Gasteiger partial charge in [0.25, 0.3) is 0 Å². The SMILES string of the molecule is CSc1ccc(CN(C)C(=O)Nc2ccc(C)c(C)c2)cc1. The summed E-state index contributed by atoms with van der Waals surface area (Å²) in [5.41, 5.74) is 4.35. The number of nitrogens with zero attached hydrogens (tertiary/aromatic N) is 1. The van der Waals surface area contributed by atoms with Crippen molar-refractivity contribution in [3.8, 4) is 0 Å². The highest BCUT2D eigenvalue weighted by molar-refractivity contribution is 7.98. The number of hydrogen-bond donors (Lipinski definition) is 1. The van der Waals surface area contributed by atoms with Crippen LogP contribution in [-0.4, -0.2) is 24.2 Å². The number of carbonyl (C=O) groups excluding carboxylic acids is 1. The lowest BCUT2D eigenvalue weighted by Crippen LogP contribution is -2.30. The zero-order chi connectivity index (χ0) is 16.1. The van der Waals surface area contributed by atoms with Crippen LogP contribution >= 0.6 is 11.8 Å². The number of amides is 2. The average Bonchev–Trinajstić information content (AvgIpc) is 2.51. The zero-order valence-electron chi connectivity index (χ0n) is 13.5. The van der Waals surface area contributed by atoms with E-state index in [9.17, 15) is 4.79 Å². The fourth-order valence-electron chi connectivity index (χ4n) is 2.11. The van der Waals surface area contributed by atoms with Crippen LogP contribution in [-0.2, 0) is 6.54 Å². The minimum Gasteiger partial charge on any atom is -0.323 e. The van der Waals surface area contributed by atoms with E-state index in [-0.39, 0.29) is 6.03 Å². The molecule has 2 aromatic carbocycles. The molecule has 2 rings (SSSR count). The minimum absolute atomic E-state index is 0.0998. The zero-order valence-corrected chi connectivity index (χ0v) is 14.3. The van der Waals surface area contributed by atoms with Crippen LogP contribution < -0.4 is 5.32 Å². The summed E-state index contributed by atoms with van der Waals surface area (Å²) < 4.78 is 0. The first kappa shape index (κ1) is 16.4. The maximum atomic E-state index is 12.2. The second-order valence-corrected chi connectivity index (χ2v) is 6.31. The molecule has 0 unspecified atom stereocenters. The van der Waals surface area contributed by atoms with E-state index in [2.05, 4.69) is 42.8 Å². The molecule has 0 radical (unpaired) electrons. The van der Waals surface area contributed by atoms with Crippen LogP contribution in [0.5, 0.6) is 0 Å². The van der Waals surface area contributed by atoms with E-state index in [1.807, 2.05) is 25.1 Å². The summed E-state index contributed by atoms with van der Waals surface area (Å²) in [6.45, 7) is 4.69. The third kappa shape index (κ3) is 4.28. The first-order valence-corrected chi connectivity index (χ1v) is 8.44. The predicted octanol–water partition coefficient (Wildman–Crippen LogP) is 4.69. The lowest BCUT2D eigenvalue weighted by atomic mass is 10.1. The number of hydrogen-bond acceptors (Lipinski definition) is 2. The molecule has 0 atom stereocenters. The maximum Gasteiger partial charge on any atom is 0.321 e. The highest BCUT2D eigenvalue weighted by Gasteiger charge is 2.09. The van der Waals surface area contributed by atoms with Crippen LogP contribution in [0.25, 0.3) is 0 Å². The molecule has 2 aromatic rings. The number of nitrogens with one attached hydrogen (secondary N) is 1. The van der Waals surface area contributed by atoms with Crippen LogP contribution in [0.2, 0.25) is 0 Å². The van der Waals surface area contributed by atoms with Gasteiger partial charge in [-0.1, -0.05) is 18.2 Å². The van der Waals surface area contributed by atoms with Crippen molar-refractivity contribution in [3.05, 3.63) is 59.2 Å². The van der Waals surface area contributed by atoms with Crippen LogP contribution in [0.3, 0.4) is 0 Å². The smallest absolute Gasteiger partial charge is 0.321 e. The molecule has 3 nitrogen and oxygen atoms in total. The van der Waals surface area contributed by atoms with Crippen molar-refractivity contribution in [3.63, 3.8) is 0 Å². The third-order valence-electron chi connectivity index (χ3n) is 3.68. The Morgan fingerprint density at radius 2 is 1.77 bits per heavy atom. The molecule has 22 heavy (non-hydrogen) atoms. The largest absolute Gasteiger partial charge is 0.323 e. The lowest BCUT2D eigenvalue weighted by Gasteiger charge is -2.18. The van der Waals surface area contributed by atoms with Gasteiger partial charge in [0.15, 0.2) is 0 Å². The number of thioether (sulfide) groups is 1. The normalized spacial score (nSPS) is 10.4. The Morgan fingerprint density at radius 1 is 1.09 bits per heavy atom. The molecule has 0 bridgehead atoms. The molecule has 0 aliphatic heterocycles. The molecule has 0 fully saturated rings. The van der Waals surface area contributed by atoms with Gasteiger partial charge < -0.3 is 10.2 Å². The molecule has 0 heterocycles. The number of carbonyl (C=O) groups is 1. The highest BCUT2D eigenvalue weighted by atomic mass is 32.2. The van der Waals surface area contributed by atoms with E-state index >= 15 is 0 Å². The summed E-state index contributed by atoms with van der Waals surface area (Å²) >= 11 is 1.71. The Morgan fingerprint density at radius 3 is 2.36 bits per heavy atom. The summed E-state index contributed by atoms with van der Waals surface area (Å²) in [4.78, 5) is 15.2. The van der Waals surface area contributed by atoms with Crippen molar-refractivity contribution in [2.75, 3.05) is 18.6 Å². The van der Waals surface area contributed by atoms with E-state index in [0.717, 1.165) is 11.3 Å². The third-order valence-corrected chi connectivity index (χ3v) is 4.43. The molecule has 4 heteroatoms. The Bertz CT molecular complexity index is 653. The Labute approximate surface area is 136 Å². The second-order valence-electron chi connectivity index (χ2n) is 5.43. The van der Waals surface area contributed by atoms with Gasteiger partial charge in [-0.25, -0.2) is 4.79 Å². The molecule has 0 saturated heterocycles. The van der Waals surface area contributed by atoms with Gasteiger partial charge in [0.1, 0.15) is 0 Å². The fraction of sp³-hybridized carbons (Fsp3) is 0.278. The van der Waals surface area contributed by atoms with Crippen molar-refractivity contribution in [2.24, 2.45) is 0 Å². The molecule has 2 amide bonds. The molecular weight excluding hydrogens is 292 g/mol. The van der Waals surface area contributed by atoms with Crippen molar-refractivity contribution in [1.29, 1.82) is 0 Å². The topological polar surface area (TPSA) is 32.3 Å². The molecule has 0 spiro atoms. The van der Waals surface area contributed by atoms with E-state index in [1.54, 1.807) is 23.7 Å². The first-order chi connectivity index (χ1) is 10.5. The molecule has 1 N–H and O–H groups in total. The van der Waals surface area contributed by atoms with Gasteiger partial charge in [-0.15, -0.1) is 11.8 Å². The average molecular weight is 314 g/mol. The summed E-state index contributed by atoms with van der Waals surface area (Å²) in [6.07, 6.45) is 2.05. The highest BCUT2D eigenvalue weighted by Crippen LogP contribution is 2.17. The number of rotatable bonds is 4. The molecule has 0 saturated carbocycles. The summed E-state index contributed by atoms with van der Waals surface area (Å²) in [6, 6.07) is 14.1. The van der Waals surface area contributed by atoms with Gasteiger partial charge in [0.2, 0.25) is 0 Å². The van der Waals surface area contributed by atoms with Gasteiger partial charge in [-0.3, -0.25) is 0 Å². The van der Waals surface area contributed by atoms with Crippen LogP contribution in [0.1, 0.15) is 16.7 Å². The van der Waals surface area contributed by atoms with E-state index in [4.69, 9.17) is 0 Å². The Kier molecular flexibility index (Phi) is 5.50. The van der Waals surface area contributed by atoms with Crippen molar-refractivity contribution in [2.45, 2.75) is 25.3 Å². The number of aryl methyl sites for hydroxylation is 2. The van der Waals surface area contributed by atoms with Gasteiger partial charge in [0, 0.05) is 24.2 Å². The second kappa shape index (κ2) is 7.36. The number of urea groups is 1. The van der Waals surface area contributed by atoms with Gasteiger partial charge >= 0.3 is 6.03 Å². The summed E-state index contributed by atoms with van der Waals surface area (Å²) in [5.74, 6) is 0. The van der Waals surface area contributed by atoms with Crippen LogP contribution in [0.15, 0.2) is 47.4 Å². The molecule has 116 valence electrons. The van der Waals surface area contributed by atoms with Crippen LogP contribution in [0, 0.1) is 13.8 Å². The first-order valence-electron chi connectivity index (χ1n) is 7.22. The van der Waals surface area contributed by atoms with E-state index in [0.29, 0.717) is 6.54 Å². The van der Waals surface area contributed by atoms with Crippen molar-refractivity contribution < 1.29 is 4.79 Å². The summed E-state index contributed by atoms with van der Waals surface area (Å²) in [7, 11) is 1.80. The summed E-state index contributed by atoms with van der Waals surface area (Å²) in [5, 5.41) is 2.94. The fourth-order valence-corrected chi connectivity index (χ4v) is 2.52. The minimum atomic E-state index is -0.0998. The van der Waals surface area contributed by atoms with Gasteiger partial charge in [-0.05, 0) is 61.1 Å². The number of anilines is 1. The quantitative estimate of drug-likeness (QED) is 0.830. The molecule has 0 aliphatic carbocycles. The Hall–Kier alpha value is -1.94. The van der Waals surface area contributed by atoms with Crippen molar-refractivity contribution in [1.82, 2.24) is 4.90 Å². The number of benzene rings is 2. The molecular formula is C18H22N2OS. The molecule has 0 aliphatic rings.